The molecule has 19 heavy (non-hydrogen) atoms. The van der Waals surface area contributed by atoms with E-state index < -0.39 is 0 Å². The average Bonchev–Trinajstić information content (AvgIpc) is 2.79. The first kappa shape index (κ1) is 14.9. The number of hydrogen-bond donors (Lipinski definition) is 1. The summed E-state index contributed by atoms with van der Waals surface area (Å²) in [6.07, 6.45) is 2.65. The van der Waals surface area contributed by atoms with Gasteiger partial charge in [0.1, 0.15) is 5.01 Å². The van der Waals surface area contributed by atoms with Gasteiger partial charge in [0, 0.05) is 25.0 Å². The first-order valence-corrected chi connectivity index (χ1v) is 8.00. The van der Waals surface area contributed by atoms with Crippen LogP contribution in [0.4, 0.5) is 0 Å². The Bertz CT molecular complexity index is 369. The number of piperidine rings is 1. The van der Waals surface area contributed by atoms with Crippen LogP contribution in [0.2, 0.25) is 0 Å². The molecule has 0 atom stereocenters. The highest BCUT2D eigenvalue weighted by Crippen LogP contribution is 2.20. The second-order valence-corrected chi connectivity index (χ2v) is 6.69. The zero-order chi connectivity index (χ0) is 13.7. The molecule has 1 fully saturated rings. The smallest absolute Gasteiger partial charge is 0.107 e. The maximum Gasteiger partial charge on any atom is 0.107 e. The Morgan fingerprint density at radius 1 is 1.42 bits per heavy atom. The Morgan fingerprint density at radius 3 is 2.79 bits per heavy atom. The lowest BCUT2D eigenvalue weighted by Crippen LogP contribution is -2.36. The summed E-state index contributed by atoms with van der Waals surface area (Å²) in [5, 5.41) is 6.56. The summed E-state index contributed by atoms with van der Waals surface area (Å²) < 4.78 is 0. The maximum absolute atomic E-state index is 4.67. The van der Waals surface area contributed by atoms with Gasteiger partial charge in [-0.1, -0.05) is 0 Å². The van der Waals surface area contributed by atoms with Crippen molar-refractivity contribution in [3.05, 3.63) is 16.1 Å². The Morgan fingerprint density at radius 2 is 2.16 bits per heavy atom. The lowest BCUT2D eigenvalue weighted by molar-refractivity contribution is 0.155. The molecule has 0 unspecified atom stereocenters. The molecule has 0 aliphatic carbocycles. The fraction of sp³-hybridized carbons (Fsp3) is 0.786. The van der Waals surface area contributed by atoms with E-state index in [1.165, 1.54) is 43.2 Å². The molecule has 5 heteroatoms. The summed E-state index contributed by atoms with van der Waals surface area (Å²) in [5.41, 5.74) is 1.24. The topological polar surface area (TPSA) is 31.4 Å². The second-order valence-electron chi connectivity index (χ2n) is 5.74. The highest BCUT2D eigenvalue weighted by molar-refractivity contribution is 7.09. The van der Waals surface area contributed by atoms with Gasteiger partial charge in [-0.15, -0.1) is 11.3 Å². The van der Waals surface area contributed by atoms with Gasteiger partial charge in [0.25, 0.3) is 0 Å². The zero-order valence-corrected chi connectivity index (χ0v) is 13.2. The van der Waals surface area contributed by atoms with Crippen LogP contribution in [0.3, 0.4) is 0 Å². The fourth-order valence-corrected chi connectivity index (χ4v) is 3.52. The molecule has 2 rings (SSSR count). The molecular weight excluding hydrogens is 256 g/mol. The van der Waals surface area contributed by atoms with Gasteiger partial charge in [0.2, 0.25) is 0 Å². The number of nitrogens with one attached hydrogen (secondary N) is 1. The van der Waals surface area contributed by atoms with Crippen LogP contribution in [-0.2, 0) is 13.1 Å². The minimum Gasteiger partial charge on any atom is -0.314 e. The minimum atomic E-state index is 0.876. The summed E-state index contributed by atoms with van der Waals surface area (Å²) in [6.45, 7) is 5.58. The van der Waals surface area contributed by atoms with Crippen molar-refractivity contribution in [1.29, 1.82) is 0 Å². The van der Waals surface area contributed by atoms with Gasteiger partial charge in [-0.05, 0) is 53.0 Å². The standard InChI is InChI=1S/C14H26N4S/c1-15-8-14-16-13(11-19-14)10-18-6-4-12(5-7-18)9-17(2)3/h11-12,15H,4-10H2,1-3H3. The van der Waals surface area contributed by atoms with E-state index in [-0.39, 0.29) is 0 Å². The summed E-state index contributed by atoms with van der Waals surface area (Å²) in [6, 6.07) is 0. The molecule has 0 amide bonds. The van der Waals surface area contributed by atoms with E-state index in [2.05, 4.69) is 39.6 Å². The molecule has 1 aliphatic heterocycles. The maximum atomic E-state index is 4.67. The van der Waals surface area contributed by atoms with Crippen LogP contribution in [-0.4, -0.2) is 55.6 Å². The van der Waals surface area contributed by atoms with Crippen molar-refractivity contribution in [1.82, 2.24) is 20.1 Å². The van der Waals surface area contributed by atoms with Crippen LogP contribution in [0.1, 0.15) is 23.5 Å². The first-order valence-electron chi connectivity index (χ1n) is 7.12. The minimum absolute atomic E-state index is 0.876. The summed E-state index contributed by atoms with van der Waals surface area (Å²) in [5.74, 6) is 0.876. The Kier molecular flexibility index (Phi) is 5.76. The normalized spacial score (nSPS) is 18.3. The van der Waals surface area contributed by atoms with Crippen molar-refractivity contribution in [3.8, 4) is 0 Å². The second kappa shape index (κ2) is 7.33. The zero-order valence-electron chi connectivity index (χ0n) is 12.4. The molecule has 2 heterocycles. The number of nitrogens with zero attached hydrogens (tertiary/aromatic N) is 3. The van der Waals surface area contributed by atoms with E-state index >= 15 is 0 Å². The van der Waals surface area contributed by atoms with Gasteiger partial charge >= 0.3 is 0 Å². The van der Waals surface area contributed by atoms with Crippen molar-refractivity contribution < 1.29 is 0 Å². The number of aromatic nitrogens is 1. The van der Waals surface area contributed by atoms with Crippen LogP contribution in [0.15, 0.2) is 5.38 Å². The molecule has 0 bridgehead atoms. The quantitative estimate of drug-likeness (QED) is 0.859. The van der Waals surface area contributed by atoms with Crippen LogP contribution in [0, 0.1) is 5.92 Å². The van der Waals surface area contributed by atoms with Gasteiger partial charge in [-0.2, -0.15) is 0 Å². The van der Waals surface area contributed by atoms with Crippen LogP contribution in [0.5, 0.6) is 0 Å². The Balaban J connectivity index is 1.75. The van der Waals surface area contributed by atoms with E-state index in [4.69, 9.17) is 0 Å². The predicted octanol–water partition coefficient (Wildman–Crippen LogP) is 1.64. The molecule has 0 spiro atoms. The van der Waals surface area contributed by atoms with Crippen molar-refractivity contribution in [2.24, 2.45) is 5.92 Å². The average molecular weight is 282 g/mol. The number of rotatable bonds is 6. The summed E-state index contributed by atoms with van der Waals surface area (Å²) in [4.78, 5) is 9.52. The fourth-order valence-electron chi connectivity index (χ4n) is 2.73. The number of thiazole rings is 1. The van der Waals surface area contributed by atoms with Crippen molar-refractivity contribution in [2.45, 2.75) is 25.9 Å². The van der Waals surface area contributed by atoms with E-state index in [1.807, 2.05) is 7.05 Å². The molecule has 1 aromatic rings. The van der Waals surface area contributed by atoms with Crippen molar-refractivity contribution >= 4 is 11.3 Å². The molecule has 1 aliphatic rings. The summed E-state index contributed by atoms with van der Waals surface area (Å²) in [7, 11) is 6.31. The predicted molar refractivity (Wildman–Crippen MR) is 81.4 cm³/mol. The molecule has 0 saturated carbocycles. The van der Waals surface area contributed by atoms with Gasteiger partial charge < -0.3 is 10.2 Å². The molecule has 1 aromatic heterocycles. The molecule has 4 nitrogen and oxygen atoms in total. The van der Waals surface area contributed by atoms with Gasteiger partial charge in [0.15, 0.2) is 0 Å². The van der Waals surface area contributed by atoms with Crippen LogP contribution >= 0.6 is 11.3 Å². The van der Waals surface area contributed by atoms with E-state index in [1.54, 1.807) is 11.3 Å². The van der Waals surface area contributed by atoms with E-state index in [0.29, 0.717) is 0 Å². The van der Waals surface area contributed by atoms with Gasteiger partial charge in [0.05, 0.1) is 5.69 Å². The largest absolute Gasteiger partial charge is 0.314 e. The van der Waals surface area contributed by atoms with Crippen molar-refractivity contribution in [2.75, 3.05) is 40.8 Å². The monoisotopic (exact) mass is 282 g/mol. The Labute approximate surface area is 120 Å². The van der Waals surface area contributed by atoms with E-state index in [0.717, 1.165) is 19.0 Å². The van der Waals surface area contributed by atoms with Crippen molar-refractivity contribution in [3.63, 3.8) is 0 Å². The molecule has 108 valence electrons. The highest BCUT2D eigenvalue weighted by Gasteiger charge is 2.20. The van der Waals surface area contributed by atoms with Gasteiger partial charge in [-0.3, -0.25) is 4.90 Å². The molecular formula is C14H26N4S. The lowest BCUT2D eigenvalue weighted by Gasteiger charge is -2.32. The van der Waals surface area contributed by atoms with E-state index in [9.17, 15) is 0 Å². The van der Waals surface area contributed by atoms with Crippen LogP contribution < -0.4 is 5.32 Å². The van der Waals surface area contributed by atoms with Gasteiger partial charge in [-0.25, -0.2) is 4.98 Å². The third-order valence-electron chi connectivity index (χ3n) is 3.64. The highest BCUT2D eigenvalue weighted by atomic mass is 32.1. The molecule has 1 saturated heterocycles. The third-order valence-corrected chi connectivity index (χ3v) is 4.54. The number of likely N-dealkylation sites (tertiary alicyclic amines) is 1. The third kappa shape index (κ3) is 4.84. The molecule has 0 radical (unpaired) electrons. The van der Waals surface area contributed by atoms with Crippen LogP contribution in [0.25, 0.3) is 0 Å². The summed E-state index contributed by atoms with van der Waals surface area (Å²) >= 11 is 1.76. The lowest BCUT2D eigenvalue weighted by atomic mass is 9.96. The first-order chi connectivity index (χ1) is 9.17. The number of hydrogen-bond acceptors (Lipinski definition) is 5. The molecule has 1 N–H and O–H groups in total. The SMILES string of the molecule is CNCc1nc(CN2CCC(CN(C)C)CC2)cs1. The Hall–Kier alpha value is -0.490. The molecule has 0 aromatic carbocycles.